The van der Waals surface area contributed by atoms with E-state index in [1.807, 2.05) is 0 Å². The summed E-state index contributed by atoms with van der Waals surface area (Å²) in [5, 5.41) is 10.6. The number of aromatic nitrogens is 1. The quantitative estimate of drug-likeness (QED) is 0.461. The van der Waals surface area contributed by atoms with Crippen molar-refractivity contribution in [1.82, 2.24) is 4.98 Å². The van der Waals surface area contributed by atoms with Gasteiger partial charge in [0.15, 0.2) is 0 Å². The first-order valence-electron chi connectivity index (χ1n) is 4.97. The minimum atomic E-state index is -3.00. The summed E-state index contributed by atoms with van der Waals surface area (Å²) < 4.78 is 34.8. The number of nitro groups is 1. The van der Waals surface area contributed by atoms with E-state index < -0.39 is 41.0 Å². The van der Waals surface area contributed by atoms with Gasteiger partial charge >= 0.3 is 17.7 Å². The Morgan fingerprint density at radius 1 is 1.53 bits per heavy atom. The fourth-order valence-electron chi connectivity index (χ4n) is 1.40. The van der Waals surface area contributed by atoms with Crippen molar-refractivity contribution in [2.24, 2.45) is 0 Å². The number of nitrogens with zero attached hydrogens (tertiary/aromatic N) is 2. The van der Waals surface area contributed by atoms with Gasteiger partial charge < -0.3 is 19.6 Å². The van der Waals surface area contributed by atoms with Gasteiger partial charge in [0, 0.05) is 16.6 Å². The van der Waals surface area contributed by atoms with E-state index in [0.717, 1.165) is 14.2 Å². The Kier molecular flexibility index (Phi) is 4.67. The highest BCUT2D eigenvalue weighted by atomic mass is 19.3. The number of hydrogen-bond acceptors (Lipinski definition) is 6. The SMILES string of the molecule is COC(=O)Cc1c(C(F)F)cc([N+](=O)[O-])nc1OC. The second-order valence-electron chi connectivity index (χ2n) is 3.37. The number of ether oxygens (including phenoxy) is 2. The van der Waals surface area contributed by atoms with Crippen LogP contribution in [-0.2, 0) is 16.0 Å². The van der Waals surface area contributed by atoms with E-state index in [1.54, 1.807) is 0 Å². The molecule has 1 rings (SSSR count). The van der Waals surface area contributed by atoms with Gasteiger partial charge in [-0.15, -0.1) is 0 Å². The van der Waals surface area contributed by atoms with Gasteiger partial charge in [0.25, 0.3) is 6.43 Å². The summed E-state index contributed by atoms with van der Waals surface area (Å²) in [6.45, 7) is 0. The normalized spacial score (nSPS) is 10.4. The number of alkyl halides is 2. The van der Waals surface area contributed by atoms with Crippen LogP contribution < -0.4 is 4.74 Å². The largest absolute Gasteiger partial charge is 0.469 e. The van der Waals surface area contributed by atoms with Crippen LogP contribution in [0, 0.1) is 10.1 Å². The van der Waals surface area contributed by atoms with E-state index in [-0.39, 0.29) is 5.56 Å². The Hall–Kier alpha value is -2.32. The maximum atomic E-state index is 12.9. The van der Waals surface area contributed by atoms with Crippen molar-refractivity contribution in [3.8, 4) is 5.88 Å². The lowest BCUT2D eigenvalue weighted by molar-refractivity contribution is -0.389. The molecule has 19 heavy (non-hydrogen) atoms. The Bertz CT molecular complexity index is 507. The molecule has 0 radical (unpaired) electrons. The number of carbonyl (C=O) groups excluding carboxylic acids is 1. The van der Waals surface area contributed by atoms with Gasteiger partial charge in [-0.3, -0.25) is 4.79 Å². The van der Waals surface area contributed by atoms with Crippen LogP contribution in [0.15, 0.2) is 6.07 Å². The average molecular weight is 276 g/mol. The number of hydrogen-bond donors (Lipinski definition) is 0. The van der Waals surface area contributed by atoms with Crippen LogP contribution >= 0.6 is 0 Å². The van der Waals surface area contributed by atoms with E-state index in [1.165, 1.54) is 0 Å². The minimum Gasteiger partial charge on any atom is -0.469 e. The molecule has 0 unspecified atom stereocenters. The summed E-state index contributed by atoms with van der Waals surface area (Å²) in [5.74, 6) is -1.95. The van der Waals surface area contributed by atoms with Crippen molar-refractivity contribution in [3.63, 3.8) is 0 Å². The highest BCUT2D eigenvalue weighted by Crippen LogP contribution is 2.32. The first-order chi connectivity index (χ1) is 8.90. The lowest BCUT2D eigenvalue weighted by atomic mass is 10.1. The first kappa shape index (κ1) is 14.7. The number of halogens is 2. The fourth-order valence-corrected chi connectivity index (χ4v) is 1.40. The molecule has 0 aliphatic rings. The number of carbonyl (C=O) groups is 1. The van der Waals surface area contributed by atoms with Gasteiger partial charge in [-0.25, -0.2) is 8.78 Å². The van der Waals surface area contributed by atoms with Gasteiger partial charge in [0.05, 0.1) is 26.2 Å². The van der Waals surface area contributed by atoms with Crippen molar-refractivity contribution in [3.05, 3.63) is 27.3 Å². The van der Waals surface area contributed by atoms with Crippen molar-refractivity contribution in [1.29, 1.82) is 0 Å². The molecule has 104 valence electrons. The molecule has 0 atom stereocenters. The highest BCUT2D eigenvalue weighted by Gasteiger charge is 2.27. The van der Waals surface area contributed by atoms with E-state index in [0.29, 0.717) is 6.07 Å². The number of rotatable bonds is 5. The van der Waals surface area contributed by atoms with Crippen LogP contribution in [0.3, 0.4) is 0 Å². The smallest absolute Gasteiger partial charge is 0.368 e. The molecule has 9 heteroatoms. The molecule has 0 spiro atoms. The van der Waals surface area contributed by atoms with Crippen LogP contribution in [0.5, 0.6) is 5.88 Å². The van der Waals surface area contributed by atoms with E-state index in [4.69, 9.17) is 4.74 Å². The van der Waals surface area contributed by atoms with Crippen molar-refractivity contribution in [2.45, 2.75) is 12.8 Å². The summed E-state index contributed by atoms with van der Waals surface area (Å²) in [6, 6.07) is 0.617. The molecule has 1 aromatic heterocycles. The lowest BCUT2D eigenvalue weighted by Gasteiger charge is -2.09. The van der Waals surface area contributed by atoms with Crippen LogP contribution in [0.4, 0.5) is 14.6 Å². The Morgan fingerprint density at radius 3 is 2.58 bits per heavy atom. The zero-order valence-corrected chi connectivity index (χ0v) is 10.1. The fraction of sp³-hybridized carbons (Fsp3) is 0.400. The molecule has 0 bridgehead atoms. The zero-order valence-electron chi connectivity index (χ0n) is 10.1. The molecular formula is C10H10F2N2O5. The molecule has 0 fully saturated rings. The van der Waals surface area contributed by atoms with E-state index >= 15 is 0 Å². The summed E-state index contributed by atoms with van der Waals surface area (Å²) in [4.78, 5) is 24.3. The molecule has 0 amide bonds. The Morgan fingerprint density at radius 2 is 2.16 bits per heavy atom. The molecule has 1 heterocycles. The summed E-state index contributed by atoms with van der Waals surface area (Å²) in [7, 11) is 2.21. The number of esters is 1. The highest BCUT2D eigenvalue weighted by molar-refractivity contribution is 5.74. The van der Waals surface area contributed by atoms with Crippen LogP contribution in [0.1, 0.15) is 17.6 Å². The van der Waals surface area contributed by atoms with Gasteiger partial charge in [0.2, 0.25) is 0 Å². The molecular weight excluding hydrogens is 266 g/mol. The van der Waals surface area contributed by atoms with Crippen molar-refractivity contribution >= 4 is 11.8 Å². The van der Waals surface area contributed by atoms with Crippen LogP contribution in [0.2, 0.25) is 0 Å². The average Bonchev–Trinajstić information content (AvgIpc) is 2.37. The first-order valence-corrected chi connectivity index (χ1v) is 4.97. The monoisotopic (exact) mass is 276 g/mol. The predicted octanol–water partition coefficient (Wildman–Crippen LogP) is 1.65. The van der Waals surface area contributed by atoms with E-state index in [9.17, 15) is 23.7 Å². The molecule has 0 aliphatic heterocycles. The predicted molar refractivity (Wildman–Crippen MR) is 58.1 cm³/mol. The molecule has 0 aliphatic carbocycles. The standard InChI is InChI=1S/C10H10F2N2O5/c1-18-8(15)4-6-5(9(11)12)3-7(14(16)17)13-10(6)19-2/h3,9H,4H2,1-2H3. The van der Waals surface area contributed by atoms with Crippen molar-refractivity contribution in [2.75, 3.05) is 14.2 Å². The summed E-state index contributed by atoms with van der Waals surface area (Å²) in [6.07, 6.45) is -3.51. The number of pyridine rings is 1. The summed E-state index contributed by atoms with van der Waals surface area (Å²) in [5.41, 5.74) is -0.904. The third kappa shape index (κ3) is 3.33. The molecule has 1 aromatic rings. The van der Waals surface area contributed by atoms with Gasteiger partial charge in [-0.05, 0) is 4.92 Å². The molecule has 0 saturated heterocycles. The molecule has 7 nitrogen and oxygen atoms in total. The van der Waals surface area contributed by atoms with Gasteiger partial charge in [-0.1, -0.05) is 0 Å². The van der Waals surface area contributed by atoms with Crippen LogP contribution in [-0.4, -0.2) is 30.1 Å². The third-order valence-electron chi connectivity index (χ3n) is 2.27. The summed E-state index contributed by atoms with van der Waals surface area (Å²) >= 11 is 0. The Labute approximate surface area is 106 Å². The third-order valence-corrected chi connectivity index (χ3v) is 2.27. The molecule has 0 N–H and O–H groups in total. The van der Waals surface area contributed by atoms with E-state index in [2.05, 4.69) is 9.72 Å². The molecule has 0 saturated carbocycles. The lowest BCUT2D eigenvalue weighted by Crippen LogP contribution is -2.11. The molecule has 0 aromatic carbocycles. The Balaban J connectivity index is 3.40. The zero-order chi connectivity index (χ0) is 14.6. The van der Waals surface area contributed by atoms with Gasteiger partial charge in [0.1, 0.15) is 0 Å². The maximum Gasteiger partial charge on any atom is 0.368 e. The van der Waals surface area contributed by atoms with Crippen molar-refractivity contribution < 1.29 is 28.0 Å². The van der Waals surface area contributed by atoms with Crippen LogP contribution in [0.25, 0.3) is 0 Å². The minimum absolute atomic E-state index is 0.227. The second kappa shape index (κ2) is 6.03. The second-order valence-corrected chi connectivity index (χ2v) is 3.37. The topological polar surface area (TPSA) is 91.6 Å². The van der Waals surface area contributed by atoms with Gasteiger partial charge in [-0.2, -0.15) is 0 Å². The maximum absolute atomic E-state index is 12.9. The number of methoxy groups -OCH3 is 2.